The number of hydrogen-bond acceptors (Lipinski definition) is 7. The van der Waals surface area contributed by atoms with E-state index in [1.165, 1.54) is 11.8 Å². The summed E-state index contributed by atoms with van der Waals surface area (Å²) in [6.07, 6.45) is 0.766. The quantitative estimate of drug-likeness (QED) is 0.435. The maximum absolute atomic E-state index is 12.5. The third-order valence-corrected chi connectivity index (χ3v) is 5.54. The van der Waals surface area contributed by atoms with Gasteiger partial charge in [0.25, 0.3) is 5.56 Å². The van der Waals surface area contributed by atoms with Gasteiger partial charge in [-0.05, 0) is 13.8 Å². The van der Waals surface area contributed by atoms with Crippen molar-refractivity contribution in [3.8, 4) is 0 Å². The van der Waals surface area contributed by atoms with Crippen LogP contribution in [0.4, 0.5) is 0 Å². The number of amides is 1. The van der Waals surface area contributed by atoms with Gasteiger partial charge in [-0.1, -0.05) is 18.7 Å². The van der Waals surface area contributed by atoms with Gasteiger partial charge in [-0.25, -0.2) is 4.98 Å². The van der Waals surface area contributed by atoms with Crippen LogP contribution in [0.3, 0.4) is 0 Å². The molecule has 2 rings (SSSR count). The van der Waals surface area contributed by atoms with E-state index in [4.69, 9.17) is 4.74 Å². The molecule has 0 saturated carbocycles. The van der Waals surface area contributed by atoms with E-state index in [-0.39, 0.29) is 30.4 Å². The number of rotatable bonds is 7. The van der Waals surface area contributed by atoms with Crippen molar-refractivity contribution in [2.75, 3.05) is 18.9 Å². The number of nitrogens with zero attached hydrogens (tertiary/aromatic N) is 2. The molecule has 1 aromatic heterocycles. The first-order chi connectivity index (χ1) is 11.5. The first-order valence-electron chi connectivity index (χ1n) is 7.81. The molecule has 0 fully saturated rings. The molecule has 1 atom stereocenters. The van der Waals surface area contributed by atoms with E-state index in [2.05, 4.69) is 17.2 Å². The second-order valence-corrected chi connectivity index (χ2v) is 7.61. The Hall–Kier alpha value is -1.48. The van der Waals surface area contributed by atoms with Crippen molar-refractivity contribution >= 4 is 35.4 Å². The van der Waals surface area contributed by atoms with Gasteiger partial charge in [0.2, 0.25) is 5.91 Å². The Labute approximate surface area is 148 Å². The van der Waals surface area contributed by atoms with Crippen molar-refractivity contribution < 1.29 is 14.3 Å². The lowest BCUT2D eigenvalue weighted by molar-refractivity contribution is -0.143. The summed E-state index contributed by atoms with van der Waals surface area (Å²) < 4.78 is 6.34. The molecule has 0 saturated heterocycles. The number of aromatic nitrogens is 2. The second kappa shape index (κ2) is 8.57. The Kier molecular flexibility index (Phi) is 6.73. The molecule has 24 heavy (non-hydrogen) atoms. The summed E-state index contributed by atoms with van der Waals surface area (Å²) in [5, 5.41) is 3.39. The van der Waals surface area contributed by atoms with Crippen LogP contribution in [0, 0.1) is 0 Å². The molecular formula is C15H21N3O4S2. The van der Waals surface area contributed by atoms with E-state index in [1.807, 2.05) is 6.92 Å². The Morgan fingerprint density at radius 3 is 2.88 bits per heavy atom. The average Bonchev–Trinajstić information content (AvgIpc) is 2.92. The van der Waals surface area contributed by atoms with Crippen molar-refractivity contribution in [1.82, 2.24) is 14.9 Å². The summed E-state index contributed by atoms with van der Waals surface area (Å²) in [6.45, 7) is 6.28. The lowest BCUT2D eigenvalue weighted by atomic mass is 10.2. The van der Waals surface area contributed by atoms with Crippen molar-refractivity contribution in [1.29, 1.82) is 0 Å². The summed E-state index contributed by atoms with van der Waals surface area (Å²) in [5.41, 5.74) is 0.780. The van der Waals surface area contributed by atoms with Gasteiger partial charge in [-0.3, -0.25) is 19.0 Å². The predicted octanol–water partition coefficient (Wildman–Crippen LogP) is 1.07. The van der Waals surface area contributed by atoms with Gasteiger partial charge in [0.1, 0.15) is 6.54 Å². The Bertz CT molecular complexity index is 690. The average molecular weight is 371 g/mol. The Morgan fingerprint density at radius 2 is 2.21 bits per heavy atom. The highest BCUT2D eigenvalue weighted by Crippen LogP contribution is 2.34. The fourth-order valence-electron chi connectivity index (χ4n) is 2.28. The zero-order chi connectivity index (χ0) is 17.7. The number of nitrogens with one attached hydrogen (secondary N) is 1. The molecule has 0 radical (unpaired) electrons. The first-order valence-corrected chi connectivity index (χ1v) is 9.68. The number of esters is 1. The fourth-order valence-corrected chi connectivity index (χ4v) is 4.31. The maximum Gasteiger partial charge on any atom is 0.325 e. The number of fused-ring (bicyclic) bond motifs is 1. The number of carbonyl (C=O) groups is 2. The van der Waals surface area contributed by atoms with Crippen LogP contribution in [0.2, 0.25) is 0 Å². The number of thioether (sulfide) groups is 2. The van der Waals surface area contributed by atoms with Gasteiger partial charge in [0, 0.05) is 18.2 Å². The minimum Gasteiger partial charge on any atom is -0.465 e. The standard InChI is InChI=1S/C15H21N3O4S2/c1-4-18-14(21)13-10(6-9(3)24-13)17-15(18)23-8-11(19)16-7-12(20)22-5-2/h9H,4-8H2,1-3H3,(H,16,19). The van der Waals surface area contributed by atoms with Crippen molar-refractivity contribution in [3.63, 3.8) is 0 Å². The molecule has 1 N–H and O–H groups in total. The minimum absolute atomic E-state index is 0.0359. The summed E-state index contributed by atoms with van der Waals surface area (Å²) in [4.78, 5) is 40.9. The van der Waals surface area contributed by atoms with Crippen LogP contribution in [0.5, 0.6) is 0 Å². The molecule has 0 aliphatic carbocycles. The molecule has 0 spiro atoms. The van der Waals surface area contributed by atoms with Crippen LogP contribution in [-0.4, -0.2) is 45.6 Å². The highest BCUT2D eigenvalue weighted by atomic mass is 32.2. The summed E-state index contributed by atoms with van der Waals surface area (Å²) in [7, 11) is 0. The SMILES string of the molecule is CCOC(=O)CNC(=O)CSc1nc2c(c(=O)n1CC)SC(C)C2. The lowest BCUT2D eigenvalue weighted by Crippen LogP contribution is -2.32. The molecule has 9 heteroatoms. The lowest BCUT2D eigenvalue weighted by Gasteiger charge is -2.11. The van der Waals surface area contributed by atoms with Gasteiger partial charge in [-0.15, -0.1) is 11.8 Å². The topological polar surface area (TPSA) is 90.3 Å². The van der Waals surface area contributed by atoms with E-state index >= 15 is 0 Å². The van der Waals surface area contributed by atoms with E-state index in [9.17, 15) is 14.4 Å². The zero-order valence-corrected chi connectivity index (χ0v) is 15.6. The van der Waals surface area contributed by atoms with Crippen molar-refractivity contribution in [3.05, 3.63) is 16.0 Å². The third-order valence-electron chi connectivity index (χ3n) is 3.35. The fraction of sp³-hybridized carbons (Fsp3) is 0.600. The molecule has 2 heterocycles. The molecule has 1 aliphatic rings. The predicted molar refractivity (Wildman–Crippen MR) is 93.6 cm³/mol. The maximum atomic E-state index is 12.5. The van der Waals surface area contributed by atoms with Crippen LogP contribution in [0.25, 0.3) is 0 Å². The van der Waals surface area contributed by atoms with Crippen LogP contribution in [0.15, 0.2) is 14.8 Å². The minimum atomic E-state index is -0.469. The number of ether oxygens (including phenoxy) is 1. The molecule has 1 aromatic rings. The van der Waals surface area contributed by atoms with E-state index in [0.29, 0.717) is 17.0 Å². The molecule has 0 bridgehead atoms. The summed E-state index contributed by atoms with van der Waals surface area (Å²) in [6, 6.07) is 0. The number of hydrogen-bond donors (Lipinski definition) is 1. The van der Waals surface area contributed by atoms with Crippen LogP contribution >= 0.6 is 23.5 Å². The van der Waals surface area contributed by atoms with Crippen LogP contribution in [0.1, 0.15) is 26.5 Å². The van der Waals surface area contributed by atoms with Crippen LogP contribution in [-0.2, 0) is 27.3 Å². The van der Waals surface area contributed by atoms with Gasteiger partial charge < -0.3 is 10.1 Å². The first kappa shape index (κ1) is 18.9. The van der Waals surface area contributed by atoms with Crippen LogP contribution < -0.4 is 10.9 Å². The highest BCUT2D eigenvalue weighted by molar-refractivity contribution is 8.00. The molecule has 7 nitrogen and oxygen atoms in total. The Balaban J connectivity index is 2.01. The molecule has 1 aliphatic heterocycles. The van der Waals surface area contributed by atoms with E-state index in [0.717, 1.165) is 17.0 Å². The second-order valence-electron chi connectivity index (χ2n) is 5.22. The van der Waals surface area contributed by atoms with E-state index in [1.54, 1.807) is 23.3 Å². The molecular weight excluding hydrogens is 350 g/mol. The molecule has 132 valence electrons. The van der Waals surface area contributed by atoms with Gasteiger partial charge in [0.05, 0.1) is 22.9 Å². The highest BCUT2D eigenvalue weighted by Gasteiger charge is 2.26. The van der Waals surface area contributed by atoms with Gasteiger partial charge in [-0.2, -0.15) is 0 Å². The molecule has 1 unspecified atom stereocenters. The van der Waals surface area contributed by atoms with Gasteiger partial charge >= 0.3 is 5.97 Å². The normalized spacial score (nSPS) is 15.9. The van der Waals surface area contributed by atoms with Crippen molar-refractivity contribution in [2.24, 2.45) is 0 Å². The zero-order valence-electron chi connectivity index (χ0n) is 14.0. The third kappa shape index (κ3) is 4.54. The van der Waals surface area contributed by atoms with Gasteiger partial charge in [0.15, 0.2) is 5.16 Å². The Morgan fingerprint density at radius 1 is 1.46 bits per heavy atom. The van der Waals surface area contributed by atoms with Crippen molar-refractivity contribution in [2.45, 2.75) is 49.0 Å². The molecule has 1 amide bonds. The smallest absolute Gasteiger partial charge is 0.325 e. The molecule has 0 aromatic carbocycles. The summed E-state index contributed by atoms with van der Waals surface area (Å²) in [5.74, 6) is -0.677. The largest absolute Gasteiger partial charge is 0.465 e. The summed E-state index contributed by atoms with van der Waals surface area (Å²) >= 11 is 2.77. The monoisotopic (exact) mass is 371 g/mol. The van der Waals surface area contributed by atoms with E-state index < -0.39 is 5.97 Å². The number of carbonyl (C=O) groups excluding carboxylic acids is 2.